The molecule has 1 atom stereocenters. The molecule has 0 fully saturated rings. The highest BCUT2D eigenvalue weighted by Gasteiger charge is 2.34. The number of aromatic amines is 1. The van der Waals surface area contributed by atoms with E-state index in [-0.39, 0.29) is 11.9 Å². The molecule has 3 aromatic carbocycles. The molecule has 0 aliphatic carbocycles. The van der Waals surface area contributed by atoms with Gasteiger partial charge in [-0.05, 0) is 84.4 Å². The highest BCUT2D eigenvalue weighted by atomic mass is 35.5. The number of hydrogen-bond acceptors (Lipinski definition) is 4. The van der Waals surface area contributed by atoms with Crippen molar-refractivity contribution in [1.29, 1.82) is 0 Å². The molecule has 0 radical (unpaired) electrons. The largest absolute Gasteiger partial charge is 0.491 e. The standard InChI is InChI=1S/C27H24ClFN2O3S/c1-32-14-15-33-20-7-2-17(3-8-20)26-25-22(23-16-18(28)4-11-24(23)30-25)12-13-31(26)27(35)34-21-9-5-19(29)6-10-21/h2-11,16,26,30H,12-15H2,1H3. The summed E-state index contributed by atoms with van der Waals surface area (Å²) in [6.45, 7) is 1.66. The van der Waals surface area contributed by atoms with Gasteiger partial charge < -0.3 is 24.1 Å². The lowest BCUT2D eigenvalue weighted by Gasteiger charge is -2.37. The summed E-state index contributed by atoms with van der Waals surface area (Å²) < 4.78 is 30.1. The Morgan fingerprint density at radius 1 is 1.06 bits per heavy atom. The van der Waals surface area contributed by atoms with Crippen molar-refractivity contribution in [2.45, 2.75) is 12.5 Å². The number of thiocarbonyl (C=S) groups is 1. The zero-order valence-corrected chi connectivity index (χ0v) is 20.7. The van der Waals surface area contributed by atoms with E-state index in [1.165, 1.54) is 17.7 Å². The maximum absolute atomic E-state index is 13.4. The number of hydrogen-bond donors (Lipinski definition) is 1. The van der Waals surface area contributed by atoms with Gasteiger partial charge in [0.15, 0.2) is 0 Å². The summed E-state index contributed by atoms with van der Waals surface area (Å²) in [5, 5.41) is 2.14. The van der Waals surface area contributed by atoms with Gasteiger partial charge in [-0.25, -0.2) is 4.39 Å². The van der Waals surface area contributed by atoms with E-state index in [0.717, 1.165) is 34.3 Å². The SMILES string of the molecule is COCCOc1ccc(C2c3[nH]c4ccc(Cl)cc4c3CCN2C(=S)Oc2ccc(F)cc2)cc1. The van der Waals surface area contributed by atoms with Crippen molar-refractivity contribution in [3.63, 3.8) is 0 Å². The van der Waals surface area contributed by atoms with Gasteiger partial charge in [0.1, 0.15) is 23.9 Å². The summed E-state index contributed by atoms with van der Waals surface area (Å²) in [6, 6.07) is 19.5. The number of methoxy groups -OCH3 is 1. The minimum absolute atomic E-state index is 0.203. The molecule has 1 unspecified atom stereocenters. The maximum Gasteiger partial charge on any atom is 0.265 e. The van der Waals surface area contributed by atoms with Gasteiger partial charge in [-0.3, -0.25) is 0 Å². The number of halogens is 2. The van der Waals surface area contributed by atoms with Crippen LogP contribution in [-0.4, -0.2) is 41.9 Å². The van der Waals surface area contributed by atoms with Crippen molar-refractivity contribution in [3.8, 4) is 11.5 Å². The lowest BCUT2D eigenvalue weighted by atomic mass is 9.92. The molecule has 5 rings (SSSR count). The molecular weight excluding hydrogens is 487 g/mol. The molecule has 180 valence electrons. The predicted molar refractivity (Wildman–Crippen MR) is 139 cm³/mol. The van der Waals surface area contributed by atoms with Crippen molar-refractivity contribution in [2.24, 2.45) is 0 Å². The summed E-state index contributed by atoms with van der Waals surface area (Å²) in [7, 11) is 1.64. The zero-order chi connectivity index (χ0) is 24.4. The third-order valence-corrected chi connectivity index (χ3v) is 6.65. The van der Waals surface area contributed by atoms with E-state index in [0.29, 0.717) is 35.7 Å². The highest BCUT2D eigenvalue weighted by molar-refractivity contribution is 7.80. The number of ether oxygens (including phenoxy) is 3. The molecule has 35 heavy (non-hydrogen) atoms. The van der Waals surface area contributed by atoms with Gasteiger partial charge in [0, 0.05) is 35.3 Å². The van der Waals surface area contributed by atoms with E-state index < -0.39 is 0 Å². The second-order valence-corrected chi connectivity index (χ2v) is 9.07. The first kappa shape index (κ1) is 23.6. The van der Waals surface area contributed by atoms with Gasteiger partial charge in [0.25, 0.3) is 5.17 Å². The van der Waals surface area contributed by atoms with Crippen molar-refractivity contribution < 1.29 is 18.6 Å². The van der Waals surface area contributed by atoms with E-state index >= 15 is 0 Å². The first-order valence-electron chi connectivity index (χ1n) is 11.3. The smallest absolute Gasteiger partial charge is 0.265 e. The molecule has 2 heterocycles. The van der Waals surface area contributed by atoms with Crippen LogP contribution in [0, 0.1) is 5.82 Å². The summed E-state index contributed by atoms with van der Waals surface area (Å²) in [5.41, 5.74) is 4.32. The summed E-state index contributed by atoms with van der Waals surface area (Å²) in [6.07, 6.45) is 0.775. The Hall–Kier alpha value is -3.13. The minimum Gasteiger partial charge on any atom is -0.491 e. The second-order valence-electron chi connectivity index (χ2n) is 8.29. The van der Waals surface area contributed by atoms with Crippen molar-refractivity contribution in [2.75, 3.05) is 26.9 Å². The van der Waals surface area contributed by atoms with Crippen molar-refractivity contribution in [1.82, 2.24) is 9.88 Å². The number of aromatic nitrogens is 1. The fraction of sp³-hybridized carbons (Fsp3) is 0.222. The molecule has 0 amide bonds. The molecule has 8 heteroatoms. The number of fused-ring (bicyclic) bond motifs is 3. The minimum atomic E-state index is -0.326. The van der Waals surface area contributed by atoms with E-state index in [1.54, 1.807) is 19.2 Å². The van der Waals surface area contributed by atoms with Crippen LogP contribution in [-0.2, 0) is 11.2 Å². The Balaban J connectivity index is 1.51. The van der Waals surface area contributed by atoms with E-state index in [2.05, 4.69) is 9.88 Å². The Bertz CT molecular complexity index is 1340. The zero-order valence-electron chi connectivity index (χ0n) is 19.1. The van der Waals surface area contributed by atoms with Crippen LogP contribution in [0.2, 0.25) is 5.02 Å². The second kappa shape index (κ2) is 10.2. The van der Waals surface area contributed by atoms with Gasteiger partial charge in [-0.15, -0.1) is 0 Å². The molecule has 0 saturated carbocycles. The number of nitrogens with zero attached hydrogens (tertiary/aromatic N) is 1. The quantitative estimate of drug-likeness (QED) is 0.244. The molecule has 0 saturated heterocycles. The summed E-state index contributed by atoms with van der Waals surface area (Å²) in [4.78, 5) is 5.65. The molecule has 0 bridgehead atoms. The van der Waals surface area contributed by atoms with Crippen LogP contribution in [0.3, 0.4) is 0 Å². The van der Waals surface area contributed by atoms with Gasteiger partial charge in [0.2, 0.25) is 0 Å². The van der Waals surface area contributed by atoms with Crippen LogP contribution in [0.1, 0.15) is 22.9 Å². The Kier molecular flexibility index (Phi) is 6.90. The fourth-order valence-electron chi connectivity index (χ4n) is 4.46. The molecule has 1 N–H and O–H groups in total. The van der Waals surface area contributed by atoms with Crippen molar-refractivity contribution >= 4 is 39.9 Å². The third kappa shape index (κ3) is 4.98. The summed E-state index contributed by atoms with van der Waals surface area (Å²) in [5.74, 6) is 0.932. The lowest BCUT2D eigenvalue weighted by Crippen LogP contribution is -2.42. The number of nitrogens with one attached hydrogen (secondary N) is 1. The normalized spacial score (nSPS) is 15.2. The predicted octanol–water partition coefficient (Wildman–Crippen LogP) is 6.30. The average molecular weight is 511 g/mol. The third-order valence-electron chi connectivity index (χ3n) is 6.09. The van der Waals surface area contributed by atoms with Gasteiger partial charge in [0.05, 0.1) is 12.6 Å². The average Bonchev–Trinajstić information content (AvgIpc) is 3.23. The van der Waals surface area contributed by atoms with Crippen LogP contribution < -0.4 is 9.47 Å². The molecule has 0 spiro atoms. The van der Waals surface area contributed by atoms with Gasteiger partial charge in [-0.2, -0.15) is 0 Å². The van der Waals surface area contributed by atoms with Crippen LogP contribution in [0.15, 0.2) is 66.7 Å². The molecule has 1 aliphatic rings. The highest BCUT2D eigenvalue weighted by Crippen LogP contribution is 2.40. The Labute approximate surface area is 213 Å². The topological polar surface area (TPSA) is 46.7 Å². The van der Waals surface area contributed by atoms with Crippen LogP contribution in [0.4, 0.5) is 4.39 Å². The van der Waals surface area contributed by atoms with E-state index in [9.17, 15) is 4.39 Å². The molecule has 1 aromatic heterocycles. The molecule has 5 nitrogen and oxygen atoms in total. The van der Waals surface area contributed by atoms with Crippen molar-refractivity contribution in [3.05, 3.63) is 94.4 Å². The fourth-order valence-corrected chi connectivity index (χ4v) is 4.92. The number of benzene rings is 3. The van der Waals surface area contributed by atoms with E-state index in [4.69, 9.17) is 38.0 Å². The van der Waals surface area contributed by atoms with Crippen LogP contribution in [0.25, 0.3) is 10.9 Å². The maximum atomic E-state index is 13.4. The first-order valence-corrected chi connectivity index (χ1v) is 12.1. The Morgan fingerprint density at radius 3 is 2.54 bits per heavy atom. The van der Waals surface area contributed by atoms with Crippen LogP contribution >= 0.6 is 23.8 Å². The number of rotatable bonds is 6. The van der Waals surface area contributed by atoms with Crippen LogP contribution in [0.5, 0.6) is 11.5 Å². The first-order chi connectivity index (χ1) is 17.0. The number of H-pyrrole nitrogens is 1. The lowest BCUT2D eigenvalue weighted by molar-refractivity contribution is 0.146. The Morgan fingerprint density at radius 2 is 1.80 bits per heavy atom. The molecule has 1 aliphatic heterocycles. The monoisotopic (exact) mass is 510 g/mol. The molecular formula is C27H24ClFN2O3S. The van der Waals surface area contributed by atoms with E-state index in [1.807, 2.05) is 42.5 Å². The van der Waals surface area contributed by atoms with Gasteiger partial charge >= 0.3 is 0 Å². The summed E-state index contributed by atoms with van der Waals surface area (Å²) >= 11 is 12.0. The molecule has 4 aromatic rings. The van der Waals surface area contributed by atoms with Gasteiger partial charge in [-0.1, -0.05) is 23.7 Å².